The number of hydrogen-bond donors (Lipinski definition) is 2. The number of benzene rings is 2. The number of aryl methyl sites for hydroxylation is 1. The van der Waals surface area contributed by atoms with E-state index in [1.165, 1.54) is 0 Å². The second kappa shape index (κ2) is 8.45. The Labute approximate surface area is 190 Å². The number of aromatic hydroxyl groups is 1. The van der Waals surface area contributed by atoms with E-state index in [9.17, 15) is 9.90 Å². The average Bonchev–Trinajstić information content (AvgIpc) is 2.94. The average molecular weight is 434 g/mol. The van der Waals surface area contributed by atoms with E-state index >= 15 is 0 Å². The molecule has 170 valence electrons. The lowest BCUT2D eigenvalue weighted by molar-refractivity contribution is 0.0969. The molecule has 0 unspecified atom stereocenters. The molecule has 1 heterocycles. The van der Waals surface area contributed by atoms with Gasteiger partial charge in [0.05, 0.1) is 13.1 Å². The van der Waals surface area contributed by atoms with Gasteiger partial charge in [0.1, 0.15) is 5.75 Å². The summed E-state index contributed by atoms with van der Waals surface area (Å²) in [5.41, 5.74) is 3.77. The van der Waals surface area contributed by atoms with Gasteiger partial charge in [0, 0.05) is 28.6 Å². The topological polar surface area (TPSA) is 71.0 Å². The molecule has 2 aromatic carbocycles. The highest BCUT2D eigenvalue weighted by Crippen LogP contribution is 2.39. The van der Waals surface area contributed by atoms with Crippen molar-refractivity contribution in [3.8, 4) is 5.75 Å². The van der Waals surface area contributed by atoms with Crippen molar-refractivity contribution in [1.29, 1.82) is 5.41 Å². The van der Waals surface area contributed by atoms with Crippen molar-refractivity contribution in [3.63, 3.8) is 0 Å². The highest BCUT2D eigenvalue weighted by molar-refractivity contribution is 5.96. The van der Waals surface area contributed by atoms with E-state index in [-0.39, 0.29) is 28.9 Å². The lowest BCUT2D eigenvalue weighted by Gasteiger charge is -2.28. The second-order valence-electron chi connectivity index (χ2n) is 10.6. The van der Waals surface area contributed by atoms with Gasteiger partial charge in [0.15, 0.2) is 5.78 Å². The molecule has 5 heteroatoms. The van der Waals surface area contributed by atoms with Gasteiger partial charge in [-0.2, -0.15) is 0 Å². The Morgan fingerprint density at radius 1 is 0.969 bits per heavy atom. The maximum absolute atomic E-state index is 13.4. The zero-order valence-electron chi connectivity index (χ0n) is 20.3. The molecule has 0 aliphatic heterocycles. The second-order valence-corrected chi connectivity index (χ2v) is 10.6. The molecular formula is C27H35N3O2. The van der Waals surface area contributed by atoms with E-state index in [4.69, 9.17) is 5.41 Å². The van der Waals surface area contributed by atoms with Crippen molar-refractivity contribution in [2.24, 2.45) is 0 Å². The summed E-state index contributed by atoms with van der Waals surface area (Å²) in [5, 5.41) is 19.6. The van der Waals surface area contributed by atoms with Crippen molar-refractivity contribution in [2.75, 3.05) is 0 Å². The zero-order valence-corrected chi connectivity index (χ0v) is 20.3. The first-order valence-corrected chi connectivity index (χ1v) is 11.1. The molecule has 0 fully saturated rings. The number of phenolic OH excluding ortho intramolecular Hbond substituents is 1. The van der Waals surface area contributed by atoms with Crippen LogP contribution in [0.1, 0.15) is 74.3 Å². The van der Waals surface area contributed by atoms with Gasteiger partial charge >= 0.3 is 0 Å². The molecular weight excluding hydrogens is 398 g/mol. The van der Waals surface area contributed by atoms with Gasteiger partial charge in [0.25, 0.3) is 0 Å². The fourth-order valence-electron chi connectivity index (χ4n) is 3.95. The highest BCUT2D eigenvalue weighted by atomic mass is 16.3. The molecule has 0 aliphatic carbocycles. The van der Waals surface area contributed by atoms with E-state index in [0.29, 0.717) is 17.7 Å². The molecule has 3 rings (SSSR count). The molecule has 0 amide bonds. The van der Waals surface area contributed by atoms with Crippen LogP contribution in [0.5, 0.6) is 5.75 Å². The molecule has 0 radical (unpaired) electrons. The summed E-state index contributed by atoms with van der Waals surface area (Å²) in [7, 11) is 0. The van der Waals surface area contributed by atoms with Crippen molar-refractivity contribution < 1.29 is 9.90 Å². The SMILES string of the molecule is Cc1cn(Cc2ccccc2)c(=N)n1CC(=O)c1cc(C(C)(C)C)c(O)c(C(C)(C)C)c1. The standard InChI is InChI=1S/C27H35N3O2/c1-18-15-29(16-19-11-9-8-10-12-19)25(28)30(18)17-23(31)20-13-21(26(2,3)4)24(32)22(14-20)27(5,6)7/h8-15,28,32H,16-17H2,1-7H3. The minimum atomic E-state index is -0.303. The lowest BCUT2D eigenvalue weighted by atomic mass is 9.78. The summed E-state index contributed by atoms with van der Waals surface area (Å²) in [6.07, 6.45) is 1.92. The molecule has 5 nitrogen and oxygen atoms in total. The maximum atomic E-state index is 13.4. The molecule has 0 spiro atoms. The third kappa shape index (κ3) is 4.87. The van der Waals surface area contributed by atoms with Gasteiger partial charge in [0.2, 0.25) is 5.62 Å². The number of carbonyl (C=O) groups is 1. The number of nitrogens with zero attached hydrogens (tertiary/aromatic N) is 2. The fourth-order valence-corrected chi connectivity index (χ4v) is 3.95. The van der Waals surface area contributed by atoms with E-state index in [2.05, 4.69) is 0 Å². The van der Waals surface area contributed by atoms with E-state index in [0.717, 1.165) is 22.4 Å². The summed E-state index contributed by atoms with van der Waals surface area (Å²) < 4.78 is 3.60. The molecule has 0 aliphatic rings. The summed E-state index contributed by atoms with van der Waals surface area (Å²) in [6.45, 7) is 14.8. The Hall–Kier alpha value is -3.08. The predicted octanol–water partition coefficient (Wildman–Crippen LogP) is 5.31. The monoisotopic (exact) mass is 433 g/mol. The van der Waals surface area contributed by atoms with Gasteiger partial charge in [-0.25, -0.2) is 0 Å². The molecule has 0 atom stereocenters. The van der Waals surface area contributed by atoms with Gasteiger partial charge < -0.3 is 14.2 Å². The lowest BCUT2D eigenvalue weighted by Crippen LogP contribution is -2.28. The Bertz CT molecular complexity index is 1150. The third-order valence-corrected chi connectivity index (χ3v) is 5.84. The van der Waals surface area contributed by atoms with Crippen LogP contribution >= 0.6 is 0 Å². The largest absolute Gasteiger partial charge is 0.507 e. The van der Waals surface area contributed by atoms with E-state index in [1.807, 2.05) is 102 Å². The molecule has 0 saturated carbocycles. The van der Waals surface area contributed by atoms with Gasteiger partial charge in [-0.05, 0) is 35.4 Å². The number of rotatable bonds is 5. The number of ketones is 1. The Balaban J connectivity index is 1.98. The minimum absolute atomic E-state index is 0.0694. The number of hydrogen-bond acceptors (Lipinski definition) is 3. The summed E-state index contributed by atoms with van der Waals surface area (Å²) in [6, 6.07) is 13.6. The molecule has 0 saturated heterocycles. The molecule has 2 N–H and O–H groups in total. The van der Waals surface area contributed by atoms with E-state index < -0.39 is 0 Å². The molecule has 32 heavy (non-hydrogen) atoms. The highest BCUT2D eigenvalue weighted by Gasteiger charge is 2.28. The van der Waals surface area contributed by atoms with Crippen molar-refractivity contribution in [3.05, 3.63) is 82.2 Å². The molecule has 0 bridgehead atoms. The normalized spacial score (nSPS) is 12.2. The van der Waals surface area contributed by atoms with Crippen LogP contribution in [0, 0.1) is 12.3 Å². The van der Waals surface area contributed by atoms with Crippen LogP contribution < -0.4 is 5.62 Å². The smallest absolute Gasteiger partial charge is 0.202 e. The summed E-state index contributed by atoms with van der Waals surface area (Å²) >= 11 is 0. The zero-order chi connectivity index (χ0) is 23.8. The Morgan fingerprint density at radius 3 is 2.00 bits per heavy atom. The first-order chi connectivity index (χ1) is 14.8. The number of aromatic nitrogens is 2. The van der Waals surface area contributed by atoms with Crippen molar-refractivity contribution in [2.45, 2.75) is 72.4 Å². The third-order valence-electron chi connectivity index (χ3n) is 5.84. The predicted molar refractivity (Wildman–Crippen MR) is 128 cm³/mol. The van der Waals surface area contributed by atoms with Gasteiger partial charge in [-0.15, -0.1) is 0 Å². The Kier molecular flexibility index (Phi) is 6.23. The van der Waals surface area contributed by atoms with Crippen LogP contribution in [0.3, 0.4) is 0 Å². The first kappa shape index (κ1) is 23.6. The first-order valence-electron chi connectivity index (χ1n) is 11.1. The minimum Gasteiger partial charge on any atom is -0.507 e. The number of nitrogens with one attached hydrogen (secondary N) is 1. The van der Waals surface area contributed by atoms with Gasteiger partial charge in [-0.3, -0.25) is 10.2 Å². The maximum Gasteiger partial charge on any atom is 0.202 e. The fraction of sp³-hybridized carbons (Fsp3) is 0.407. The van der Waals surface area contributed by atoms with E-state index in [1.54, 1.807) is 4.57 Å². The number of Topliss-reactive ketones (excluding diaryl/α,β-unsaturated/α-hetero) is 1. The summed E-state index contributed by atoms with van der Waals surface area (Å²) in [5.74, 6) is 0.195. The molecule has 3 aromatic rings. The number of imidazole rings is 1. The quantitative estimate of drug-likeness (QED) is 0.535. The van der Waals surface area contributed by atoms with Crippen LogP contribution in [-0.4, -0.2) is 20.0 Å². The Morgan fingerprint density at radius 2 is 1.50 bits per heavy atom. The van der Waals surface area contributed by atoms with Crippen LogP contribution in [0.15, 0.2) is 48.7 Å². The van der Waals surface area contributed by atoms with Crippen molar-refractivity contribution >= 4 is 5.78 Å². The van der Waals surface area contributed by atoms with Crippen LogP contribution in [0.2, 0.25) is 0 Å². The van der Waals surface area contributed by atoms with Crippen LogP contribution in [0.4, 0.5) is 0 Å². The number of phenols is 1. The molecule has 1 aromatic heterocycles. The summed E-state index contributed by atoms with van der Waals surface area (Å²) in [4.78, 5) is 13.4. The number of carbonyl (C=O) groups excluding carboxylic acids is 1. The van der Waals surface area contributed by atoms with Crippen LogP contribution in [0.25, 0.3) is 0 Å². The van der Waals surface area contributed by atoms with Gasteiger partial charge in [-0.1, -0.05) is 71.9 Å². The van der Waals surface area contributed by atoms with Crippen LogP contribution in [-0.2, 0) is 23.9 Å². The van der Waals surface area contributed by atoms with Crippen molar-refractivity contribution in [1.82, 2.24) is 9.13 Å².